The van der Waals surface area contributed by atoms with Crippen molar-refractivity contribution in [3.05, 3.63) is 176 Å². The van der Waals surface area contributed by atoms with E-state index in [1.165, 1.54) is 80.3 Å². The van der Waals surface area contributed by atoms with Crippen molar-refractivity contribution < 1.29 is 0 Å². The lowest BCUT2D eigenvalue weighted by molar-refractivity contribution is 1.34. The molecule has 8 aromatic carbocycles. The molecular formula is C47H29NS. The number of nitrogens with zero attached hydrogens (tertiary/aromatic N) is 1. The molecule has 0 unspecified atom stereocenters. The molecule has 10 rings (SSSR count). The average Bonchev–Trinajstić information content (AvgIpc) is 3.53. The quantitative estimate of drug-likeness (QED) is 0.175. The third-order valence-corrected chi connectivity index (χ3v) is 11.0. The van der Waals surface area contributed by atoms with E-state index in [0.29, 0.717) is 0 Å². The minimum absolute atomic E-state index is 0.983. The van der Waals surface area contributed by atoms with E-state index in [1.54, 1.807) is 0 Å². The molecule has 0 atom stereocenters. The molecule has 2 aromatic heterocycles. The number of pyridine rings is 1. The van der Waals surface area contributed by atoms with Gasteiger partial charge in [-0.3, -0.25) is 4.98 Å². The van der Waals surface area contributed by atoms with Crippen molar-refractivity contribution in [2.24, 2.45) is 0 Å². The largest absolute Gasteiger partial charge is 0.256 e. The van der Waals surface area contributed by atoms with Gasteiger partial charge in [-0.2, -0.15) is 0 Å². The Morgan fingerprint density at radius 3 is 1.51 bits per heavy atom. The van der Waals surface area contributed by atoms with E-state index in [-0.39, 0.29) is 0 Å². The summed E-state index contributed by atoms with van der Waals surface area (Å²) < 4.78 is 2.66. The van der Waals surface area contributed by atoms with Gasteiger partial charge in [0.05, 0.1) is 5.69 Å². The van der Waals surface area contributed by atoms with Crippen molar-refractivity contribution in [2.45, 2.75) is 0 Å². The zero-order chi connectivity index (χ0) is 32.3. The fraction of sp³-hybridized carbons (Fsp3) is 0. The first-order chi connectivity index (χ1) is 24.3. The van der Waals surface area contributed by atoms with Gasteiger partial charge in [0, 0.05) is 37.5 Å². The molecule has 0 aliphatic heterocycles. The SMILES string of the molecule is c1ccc(-c2c3ccccc3c(-c3ccc(-c4ccc(-c5ccc6sc7cc8ccccc8cc7c6c5)cc4)cn3)c3ccccc23)cc1. The molecule has 0 radical (unpaired) electrons. The van der Waals surface area contributed by atoms with Crippen LogP contribution < -0.4 is 0 Å². The van der Waals surface area contributed by atoms with Crippen LogP contribution in [0.2, 0.25) is 0 Å². The van der Waals surface area contributed by atoms with Crippen molar-refractivity contribution >= 4 is 63.8 Å². The van der Waals surface area contributed by atoms with E-state index in [4.69, 9.17) is 4.98 Å². The van der Waals surface area contributed by atoms with Crippen LogP contribution in [0.4, 0.5) is 0 Å². The van der Waals surface area contributed by atoms with E-state index in [0.717, 1.165) is 16.8 Å². The fourth-order valence-electron chi connectivity index (χ4n) is 7.53. The second-order valence-electron chi connectivity index (χ2n) is 12.7. The minimum Gasteiger partial charge on any atom is -0.256 e. The Balaban J connectivity index is 1.02. The molecule has 0 saturated heterocycles. The molecule has 0 aliphatic rings. The summed E-state index contributed by atoms with van der Waals surface area (Å²) in [6.07, 6.45) is 2.02. The molecule has 0 aliphatic carbocycles. The molecule has 1 nitrogen and oxygen atoms in total. The van der Waals surface area contributed by atoms with Gasteiger partial charge in [-0.05, 0) is 90.5 Å². The Bertz CT molecular complexity index is 2790. The summed E-state index contributed by atoms with van der Waals surface area (Å²) in [4.78, 5) is 5.09. The van der Waals surface area contributed by atoms with Crippen LogP contribution in [0.1, 0.15) is 0 Å². The molecule has 228 valence electrons. The smallest absolute Gasteiger partial charge is 0.0714 e. The van der Waals surface area contributed by atoms with Gasteiger partial charge in [0.25, 0.3) is 0 Å². The number of rotatable bonds is 4. The highest BCUT2D eigenvalue weighted by Crippen LogP contribution is 2.43. The Morgan fingerprint density at radius 2 is 0.857 bits per heavy atom. The van der Waals surface area contributed by atoms with Crippen molar-refractivity contribution in [3.63, 3.8) is 0 Å². The van der Waals surface area contributed by atoms with Gasteiger partial charge >= 0.3 is 0 Å². The van der Waals surface area contributed by atoms with E-state index in [1.807, 2.05) is 17.5 Å². The molecular weight excluding hydrogens is 611 g/mol. The molecule has 2 heteroatoms. The fourth-order valence-corrected chi connectivity index (χ4v) is 8.65. The Labute approximate surface area is 288 Å². The standard InChI is InChI=1S/C47H29NS/c1-2-10-32(11-3-1)46-37-14-6-8-16-39(37)47(40-17-9-7-15-38(40)46)43-24-22-36(29-48-43)31-20-18-30(19-21-31)35-23-25-44-41(27-35)42-26-33-12-4-5-13-34(33)28-45(42)49-44/h1-29H. The first kappa shape index (κ1) is 28.0. The van der Waals surface area contributed by atoms with E-state index >= 15 is 0 Å². The second kappa shape index (κ2) is 11.3. The highest BCUT2D eigenvalue weighted by atomic mass is 32.1. The zero-order valence-electron chi connectivity index (χ0n) is 26.6. The molecule has 0 amide bonds. The van der Waals surface area contributed by atoms with Crippen LogP contribution in [0.5, 0.6) is 0 Å². The van der Waals surface area contributed by atoms with Crippen molar-refractivity contribution in [1.29, 1.82) is 0 Å². The third kappa shape index (κ3) is 4.64. The normalized spacial score (nSPS) is 11.7. The molecule has 0 N–H and O–H groups in total. The van der Waals surface area contributed by atoms with Gasteiger partial charge in [-0.1, -0.05) is 140 Å². The average molecular weight is 640 g/mol. The molecule has 0 saturated carbocycles. The minimum atomic E-state index is 0.983. The molecule has 0 bridgehead atoms. The van der Waals surface area contributed by atoms with E-state index < -0.39 is 0 Å². The highest BCUT2D eigenvalue weighted by molar-refractivity contribution is 7.25. The number of fused-ring (bicyclic) bond motifs is 6. The summed E-state index contributed by atoms with van der Waals surface area (Å²) in [5.74, 6) is 0. The monoisotopic (exact) mass is 639 g/mol. The first-order valence-corrected chi connectivity index (χ1v) is 17.5. The summed E-state index contributed by atoms with van der Waals surface area (Å²) >= 11 is 1.87. The summed E-state index contributed by atoms with van der Waals surface area (Å²) in [6, 6.07) is 61.7. The van der Waals surface area contributed by atoms with Crippen LogP contribution in [-0.4, -0.2) is 4.98 Å². The molecule has 2 heterocycles. The Kier molecular flexibility index (Phi) is 6.43. The lowest BCUT2D eigenvalue weighted by Crippen LogP contribution is -1.92. The maximum absolute atomic E-state index is 5.09. The summed E-state index contributed by atoms with van der Waals surface area (Å²) in [5.41, 5.74) is 9.37. The molecule has 0 fully saturated rings. The number of aromatic nitrogens is 1. The number of benzene rings is 8. The Morgan fingerprint density at radius 1 is 0.327 bits per heavy atom. The van der Waals surface area contributed by atoms with Gasteiger partial charge in [0.2, 0.25) is 0 Å². The summed E-state index contributed by atoms with van der Waals surface area (Å²) in [6.45, 7) is 0. The van der Waals surface area contributed by atoms with Crippen molar-refractivity contribution in [1.82, 2.24) is 4.98 Å². The maximum atomic E-state index is 5.09. The van der Waals surface area contributed by atoms with Crippen LogP contribution in [0, 0.1) is 0 Å². The van der Waals surface area contributed by atoms with Crippen LogP contribution in [0.25, 0.3) is 97.1 Å². The Hall–Kier alpha value is -6.09. The molecule has 10 aromatic rings. The van der Waals surface area contributed by atoms with Crippen LogP contribution in [0.3, 0.4) is 0 Å². The molecule has 0 spiro atoms. The number of hydrogen-bond acceptors (Lipinski definition) is 2. The predicted octanol–water partition coefficient (Wildman–Crippen LogP) is 13.6. The van der Waals surface area contributed by atoms with Gasteiger partial charge in [-0.15, -0.1) is 11.3 Å². The maximum Gasteiger partial charge on any atom is 0.0714 e. The lowest BCUT2D eigenvalue weighted by atomic mass is 9.87. The van der Waals surface area contributed by atoms with Crippen molar-refractivity contribution in [3.8, 4) is 44.6 Å². The van der Waals surface area contributed by atoms with Crippen molar-refractivity contribution in [2.75, 3.05) is 0 Å². The number of hydrogen-bond donors (Lipinski definition) is 0. The summed E-state index contributed by atoms with van der Waals surface area (Å²) in [5, 5.41) is 10.2. The first-order valence-electron chi connectivity index (χ1n) is 16.7. The zero-order valence-corrected chi connectivity index (χ0v) is 27.4. The van der Waals surface area contributed by atoms with Crippen LogP contribution in [-0.2, 0) is 0 Å². The van der Waals surface area contributed by atoms with Gasteiger partial charge in [-0.25, -0.2) is 0 Å². The van der Waals surface area contributed by atoms with Crippen LogP contribution >= 0.6 is 11.3 Å². The molecule has 49 heavy (non-hydrogen) atoms. The lowest BCUT2D eigenvalue weighted by Gasteiger charge is -2.17. The second-order valence-corrected chi connectivity index (χ2v) is 13.8. The highest BCUT2D eigenvalue weighted by Gasteiger charge is 2.17. The number of thiophene rings is 1. The van der Waals surface area contributed by atoms with Gasteiger partial charge in [0.1, 0.15) is 0 Å². The summed E-state index contributed by atoms with van der Waals surface area (Å²) in [7, 11) is 0. The van der Waals surface area contributed by atoms with Gasteiger partial charge < -0.3 is 0 Å². The van der Waals surface area contributed by atoms with E-state index in [2.05, 4.69) is 170 Å². The topological polar surface area (TPSA) is 12.9 Å². The predicted molar refractivity (Wildman–Crippen MR) is 211 cm³/mol. The van der Waals surface area contributed by atoms with Gasteiger partial charge in [0.15, 0.2) is 0 Å². The third-order valence-electron chi connectivity index (χ3n) is 9.90. The van der Waals surface area contributed by atoms with Crippen LogP contribution in [0.15, 0.2) is 176 Å². The van der Waals surface area contributed by atoms with E-state index in [9.17, 15) is 0 Å².